The summed E-state index contributed by atoms with van der Waals surface area (Å²) in [5.74, 6) is 1.55. The molecular weight excluding hydrogens is 242 g/mol. The van der Waals surface area contributed by atoms with E-state index in [2.05, 4.69) is 32.0 Å². The highest BCUT2D eigenvalue weighted by molar-refractivity contribution is 5.37. The van der Waals surface area contributed by atoms with Crippen molar-refractivity contribution in [3.8, 4) is 0 Å². The van der Waals surface area contributed by atoms with Gasteiger partial charge in [-0.05, 0) is 74.0 Å². The van der Waals surface area contributed by atoms with Gasteiger partial charge in [-0.15, -0.1) is 0 Å². The molecular formula is C19H29N. The van der Waals surface area contributed by atoms with Crippen LogP contribution in [0.25, 0.3) is 0 Å². The van der Waals surface area contributed by atoms with E-state index in [1.165, 1.54) is 56.9 Å². The third-order valence-electron chi connectivity index (χ3n) is 5.83. The Kier molecular flexibility index (Phi) is 3.90. The average molecular weight is 271 g/mol. The Morgan fingerprint density at radius 2 is 1.65 bits per heavy atom. The highest BCUT2D eigenvalue weighted by Gasteiger charge is 2.34. The minimum atomic E-state index is -0.146. The third kappa shape index (κ3) is 2.65. The van der Waals surface area contributed by atoms with Gasteiger partial charge in [0.1, 0.15) is 0 Å². The molecule has 2 aliphatic rings. The fourth-order valence-corrected chi connectivity index (χ4v) is 4.16. The molecule has 0 spiro atoms. The minimum absolute atomic E-state index is 0.146. The summed E-state index contributed by atoms with van der Waals surface area (Å²) in [5.41, 5.74) is 11.1. The number of rotatable bonds is 2. The maximum atomic E-state index is 6.79. The molecule has 1 aromatic carbocycles. The van der Waals surface area contributed by atoms with Crippen LogP contribution >= 0.6 is 0 Å². The van der Waals surface area contributed by atoms with Crippen LogP contribution in [0.2, 0.25) is 0 Å². The second kappa shape index (κ2) is 5.52. The fraction of sp³-hybridized carbons (Fsp3) is 0.684. The normalized spacial score (nSPS) is 29.6. The Bertz CT molecular complexity index is 467. The summed E-state index contributed by atoms with van der Waals surface area (Å²) in [5, 5.41) is 0. The molecule has 1 atom stereocenters. The highest BCUT2D eigenvalue weighted by atomic mass is 14.7. The summed E-state index contributed by atoms with van der Waals surface area (Å²) >= 11 is 0. The maximum absolute atomic E-state index is 6.79. The summed E-state index contributed by atoms with van der Waals surface area (Å²) in [4.78, 5) is 0. The summed E-state index contributed by atoms with van der Waals surface area (Å²) in [7, 11) is 0. The summed E-state index contributed by atoms with van der Waals surface area (Å²) in [6.45, 7) is 4.64. The topological polar surface area (TPSA) is 26.0 Å². The van der Waals surface area contributed by atoms with Crippen LogP contribution in [-0.4, -0.2) is 0 Å². The van der Waals surface area contributed by atoms with Crippen LogP contribution in [0.3, 0.4) is 0 Å². The van der Waals surface area contributed by atoms with Gasteiger partial charge < -0.3 is 5.73 Å². The number of aryl methyl sites for hydroxylation is 2. The van der Waals surface area contributed by atoms with Gasteiger partial charge in [0.15, 0.2) is 0 Å². The van der Waals surface area contributed by atoms with Crippen LogP contribution in [0.1, 0.15) is 69.1 Å². The number of hydrogen-bond donors (Lipinski definition) is 1. The molecule has 1 fully saturated rings. The van der Waals surface area contributed by atoms with Gasteiger partial charge in [0.25, 0.3) is 0 Å². The molecule has 20 heavy (non-hydrogen) atoms. The first kappa shape index (κ1) is 14.1. The second-order valence-electron chi connectivity index (χ2n) is 7.43. The lowest BCUT2D eigenvalue weighted by atomic mass is 9.70. The number of nitrogens with two attached hydrogens (primary N) is 1. The molecule has 1 nitrogen and oxygen atoms in total. The van der Waals surface area contributed by atoms with Crippen molar-refractivity contribution in [2.24, 2.45) is 17.6 Å². The molecule has 1 heteroatoms. The van der Waals surface area contributed by atoms with Crippen molar-refractivity contribution in [1.82, 2.24) is 0 Å². The molecule has 1 unspecified atom stereocenters. The zero-order valence-corrected chi connectivity index (χ0v) is 13.1. The van der Waals surface area contributed by atoms with E-state index in [4.69, 9.17) is 5.73 Å². The molecule has 0 radical (unpaired) electrons. The monoisotopic (exact) mass is 271 g/mol. The Morgan fingerprint density at radius 1 is 1.00 bits per heavy atom. The van der Waals surface area contributed by atoms with Crippen molar-refractivity contribution < 1.29 is 0 Å². The van der Waals surface area contributed by atoms with Crippen LogP contribution < -0.4 is 5.73 Å². The van der Waals surface area contributed by atoms with E-state index in [0.717, 1.165) is 5.92 Å². The van der Waals surface area contributed by atoms with Gasteiger partial charge in [-0.1, -0.05) is 38.0 Å². The van der Waals surface area contributed by atoms with Gasteiger partial charge in [-0.2, -0.15) is 0 Å². The second-order valence-corrected chi connectivity index (χ2v) is 7.43. The lowest BCUT2D eigenvalue weighted by Gasteiger charge is -2.39. The van der Waals surface area contributed by atoms with E-state index in [1.54, 1.807) is 11.1 Å². The molecule has 1 saturated carbocycles. The average Bonchev–Trinajstić information content (AvgIpc) is 2.47. The predicted molar refractivity (Wildman–Crippen MR) is 85.7 cm³/mol. The maximum Gasteiger partial charge on any atom is 0.0409 e. The molecule has 0 saturated heterocycles. The van der Waals surface area contributed by atoms with Crippen molar-refractivity contribution in [1.29, 1.82) is 0 Å². The van der Waals surface area contributed by atoms with E-state index >= 15 is 0 Å². The first-order chi connectivity index (χ1) is 9.57. The lowest BCUT2D eigenvalue weighted by molar-refractivity contribution is 0.192. The van der Waals surface area contributed by atoms with E-state index < -0.39 is 0 Å². The van der Waals surface area contributed by atoms with E-state index in [1.807, 2.05) is 0 Å². The zero-order valence-electron chi connectivity index (χ0n) is 13.1. The van der Waals surface area contributed by atoms with Crippen molar-refractivity contribution in [3.63, 3.8) is 0 Å². The van der Waals surface area contributed by atoms with Crippen LogP contribution in [0.5, 0.6) is 0 Å². The van der Waals surface area contributed by atoms with Crippen LogP contribution in [0.15, 0.2) is 18.2 Å². The first-order valence-corrected chi connectivity index (χ1v) is 8.48. The first-order valence-electron chi connectivity index (χ1n) is 8.48. The van der Waals surface area contributed by atoms with Crippen molar-refractivity contribution in [2.75, 3.05) is 0 Å². The predicted octanol–water partition coefficient (Wildman–Crippen LogP) is 4.57. The van der Waals surface area contributed by atoms with Crippen LogP contribution in [-0.2, 0) is 18.4 Å². The molecule has 0 amide bonds. The molecule has 0 aromatic heterocycles. The fourth-order valence-electron chi connectivity index (χ4n) is 4.16. The van der Waals surface area contributed by atoms with E-state index in [9.17, 15) is 0 Å². The molecule has 2 N–H and O–H groups in total. The van der Waals surface area contributed by atoms with Gasteiger partial charge in [0.05, 0.1) is 0 Å². The van der Waals surface area contributed by atoms with Crippen LogP contribution in [0, 0.1) is 11.8 Å². The standard InChI is InChI=1S/C19H29N/c1-14-7-10-17(11-8-14)19(2,20)18-12-9-15-5-3-4-6-16(15)13-18/h9,12-14,17H,3-8,10-11,20H2,1-2H3. The SMILES string of the molecule is CC1CCC(C(C)(N)c2ccc3c(c2)CCCC3)CC1. The van der Waals surface area contributed by atoms with Gasteiger partial charge in [0, 0.05) is 5.54 Å². The summed E-state index contributed by atoms with van der Waals surface area (Å²) < 4.78 is 0. The number of fused-ring (bicyclic) bond motifs is 1. The molecule has 110 valence electrons. The van der Waals surface area contributed by atoms with Crippen molar-refractivity contribution in [2.45, 2.75) is 70.8 Å². The molecule has 1 aromatic rings. The van der Waals surface area contributed by atoms with Crippen LogP contribution in [0.4, 0.5) is 0 Å². The highest BCUT2D eigenvalue weighted by Crippen LogP contribution is 2.40. The zero-order chi connectivity index (χ0) is 14.2. The van der Waals surface area contributed by atoms with E-state index in [0.29, 0.717) is 5.92 Å². The Balaban J connectivity index is 1.83. The quantitative estimate of drug-likeness (QED) is 0.838. The van der Waals surface area contributed by atoms with Crippen molar-refractivity contribution >= 4 is 0 Å². The number of hydrogen-bond acceptors (Lipinski definition) is 1. The smallest absolute Gasteiger partial charge is 0.0409 e. The van der Waals surface area contributed by atoms with Gasteiger partial charge in [0.2, 0.25) is 0 Å². The molecule has 0 heterocycles. The van der Waals surface area contributed by atoms with Gasteiger partial charge in [-0.25, -0.2) is 0 Å². The van der Waals surface area contributed by atoms with Gasteiger partial charge >= 0.3 is 0 Å². The lowest BCUT2D eigenvalue weighted by Crippen LogP contribution is -2.43. The summed E-state index contributed by atoms with van der Waals surface area (Å²) in [6, 6.07) is 7.08. The Hall–Kier alpha value is -0.820. The largest absolute Gasteiger partial charge is 0.321 e. The molecule has 2 aliphatic carbocycles. The molecule has 0 aliphatic heterocycles. The Labute approximate surface area is 124 Å². The molecule has 3 rings (SSSR count). The third-order valence-corrected chi connectivity index (χ3v) is 5.83. The van der Waals surface area contributed by atoms with Gasteiger partial charge in [-0.3, -0.25) is 0 Å². The van der Waals surface area contributed by atoms with E-state index in [-0.39, 0.29) is 5.54 Å². The number of benzene rings is 1. The summed E-state index contributed by atoms with van der Waals surface area (Å²) in [6.07, 6.45) is 10.5. The Morgan fingerprint density at radius 3 is 2.35 bits per heavy atom. The minimum Gasteiger partial charge on any atom is -0.321 e. The molecule has 0 bridgehead atoms. The van der Waals surface area contributed by atoms with Crippen molar-refractivity contribution in [3.05, 3.63) is 34.9 Å².